The van der Waals surface area contributed by atoms with Gasteiger partial charge >= 0.3 is 7.60 Å². The van der Waals surface area contributed by atoms with Crippen LogP contribution in [0.4, 0.5) is 0 Å². The smallest absolute Gasteiger partial charge is 0.343 e. The summed E-state index contributed by atoms with van der Waals surface area (Å²) in [5.41, 5.74) is 0.184. The number of para-hydroxylation sites is 1. The molecule has 6 heteroatoms. The Kier molecular flexibility index (Phi) is 6.66. The lowest BCUT2D eigenvalue weighted by molar-refractivity contribution is 0.224. The Bertz CT molecular complexity index is 348. The molecule has 0 aliphatic heterocycles. The molecule has 0 N–H and O–H groups in total. The first-order chi connectivity index (χ1) is 8.20. The van der Waals surface area contributed by atoms with Crippen LogP contribution in [0.2, 0.25) is 0 Å². The molecule has 1 aromatic rings. The van der Waals surface area contributed by atoms with E-state index in [9.17, 15) is 4.57 Å². The Hall–Kier alpha value is -0.480. The average Bonchev–Trinajstić information content (AvgIpc) is 2.31. The van der Waals surface area contributed by atoms with Gasteiger partial charge in [-0.25, -0.2) is 0 Å². The molecule has 0 amide bonds. The van der Waals surface area contributed by atoms with Crippen molar-refractivity contribution in [2.45, 2.75) is 13.8 Å². The van der Waals surface area contributed by atoms with E-state index in [4.69, 9.17) is 13.2 Å². The topological polar surface area (TPSA) is 44.8 Å². The molecule has 0 aliphatic carbocycles. The second-order valence-electron chi connectivity index (χ2n) is 3.09. The minimum Gasteiger partial charge on any atom is -0.425 e. The molecule has 96 valence electrons. The molecule has 4 nitrogen and oxygen atoms in total. The highest BCUT2D eigenvalue weighted by Gasteiger charge is 2.24. The third-order valence-electron chi connectivity index (χ3n) is 1.76. The molecule has 0 aliphatic rings. The van der Waals surface area contributed by atoms with Crippen molar-refractivity contribution in [2.24, 2.45) is 0 Å². The summed E-state index contributed by atoms with van der Waals surface area (Å²) in [4.78, 5) is 0. The maximum atomic E-state index is 12.1. The van der Waals surface area contributed by atoms with Gasteiger partial charge in [-0.3, -0.25) is 4.57 Å². The van der Waals surface area contributed by atoms with Crippen molar-refractivity contribution in [3.05, 3.63) is 30.3 Å². The summed E-state index contributed by atoms with van der Waals surface area (Å²) in [7, 11) is -3.02. The number of hydrogen-bond donors (Lipinski definition) is 0. The lowest BCUT2D eigenvalue weighted by Gasteiger charge is -2.15. The summed E-state index contributed by atoms with van der Waals surface area (Å²) >= 11 is 1.08. The molecule has 0 aromatic heterocycles. The SMILES string of the molecule is CCOP(=O)(CSOc1ccccc1)OCC. The molecular weight excluding hydrogens is 259 g/mol. The second kappa shape index (κ2) is 7.77. The van der Waals surface area contributed by atoms with Crippen molar-refractivity contribution >= 4 is 19.6 Å². The van der Waals surface area contributed by atoms with Crippen LogP contribution in [-0.2, 0) is 13.6 Å². The fraction of sp³-hybridized carbons (Fsp3) is 0.455. The third kappa shape index (κ3) is 5.59. The maximum absolute atomic E-state index is 12.1. The van der Waals surface area contributed by atoms with E-state index in [1.807, 2.05) is 30.3 Å². The van der Waals surface area contributed by atoms with Gasteiger partial charge in [0.15, 0.2) is 0 Å². The zero-order valence-electron chi connectivity index (χ0n) is 10.00. The van der Waals surface area contributed by atoms with Crippen molar-refractivity contribution < 1.29 is 17.8 Å². The van der Waals surface area contributed by atoms with E-state index in [0.717, 1.165) is 17.8 Å². The molecular formula is C11H17O4PS. The van der Waals surface area contributed by atoms with Crippen LogP contribution in [-0.4, -0.2) is 18.7 Å². The molecule has 0 atom stereocenters. The van der Waals surface area contributed by atoms with E-state index < -0.39 is 7.60 Å². The average molecular weight is 276 g/mol. The van der Waals surface area contributed by atoms with Crippen LogP contribution in [0.1, 0.15) is 13.8 Å². The standard InChI is InChI=1S/C11H17O4PS/c1-3-13-16(12,14-4-2)10-17-15-11-8-6-5-7-9-11/h5-9H,3-4,10H2,1-2H3. The Morgan fingerprint density at radius 2 is 1.71 bits per heavy atom. The normalized spacial score (nSPS) is 11.4. The van der Waals surface area contributed by atoms with Crippen molar-refractivity contribution in [3.8, 4) is 5.75 Å². The summed E-state index contributed by atoms with van der Waals surface area (Å²) in [6.45, 7) is 4.30. The number of hydrogen-bond acceptors (Lipinski definition) is 5. The van der Waals surface area contributed by atoms with Crippen molar-refractivity contribution in [1.82, 2.24) is 0 Å². The third-order valence-corrected chi connectivity index (χ3v) is 5.06. The van der Waals surface area contributed by atoms with Gasteiger partial charge in [0.2, 0.25) is 0 Å². The lowest BCUT2D eigenvalue weighted by atomic mass is 10.3. The van der Waals surface area contributed by atoms with Crippen molar-refractivity contribution in [1.29, 1.82) is 0 Å². The summed E-state index contributed by atoms with van der Waals surface area (Å²) < 4.78 is 27.7. The largest absolute Gasteiger partial charge is 0.425 e. The predicted octanol–water partition coefficient (Wildman–Crippen LogP) is 3.94. The Balaban J connectivity index is 2.40. The van der Waals surface area contributed by atoms with Crippen LogP contribution in [0, 0.1) is 0 Å². The van der Waals surface area contributed by atoms with E-state index in [1.165, 1.54) is 0 Å². The fourth-order valence-corrected chi connectivity index (χ4v) is 3.57. The number of benzene rings is 1. The summed E-state index contributed by atoms with van der Waals surface area (Å²) in [6, 6.07) is 9.32. The summed E-state index contributed by atoms with van der Waals surface area (Å²) in [5, 5.41) is 0. The second-order valence-corrected chi connectivity index (χ2v) is 6.26. The van der Waals surface area contributed by atoms with Crippen LogP contribution in [0.25, 0.3) is 0 Å². The Labute approximate surface area is 106 Å². The lowest BCUT2D eigenvalue weighted by Crippen LogP contribution is -1.99. The van der Waals surface area contributed by atoms with Gasteiger partial charge in [-0.15, -0.1) is 0 Å². The van der Waals surface area contributed by atoms with E-state index in [2.05, 4.69) is 0 Å². The molecule has 0 unspecified atom stereocenters. The first kappa shape index (κ1) is 14.6. The first-order valence-corrected chi connectivity index (χ1v) is 8.06. The quantitative estimate of drug-likeness (QED) is 0.531. The van der Waals surface area contributed by atoms with E-state index in [1.54, 1.807) is 13.8 Å². The van der Waals surface area contributed by atoms with E-state index >= 15 is 0 Å². The van der Waals surface area contributed by atoms with E-state index in [-0.39, 0.29) is 5.49 Å². The molecule has 0 radical (unpaired) electrons. The molecule has 0 saturated heterocycles. The van der Waals surface area contributed by atoms with Crippen LogP contribution >= 0.6 is 19.6 Å². The van der Waals surface area contributed by atoms with Gasteiger partial charge in [-0.1, -0.05) is 18.2 Å². The van der Waals surface area contributed by atoms with Gasteiger partial charge in [0.05, 0.1) is 25.3 Å². The Morgan fingerprint density at radius 1 is 1.12 bits per heavy atom. The highest BCUT2D eigenvalue weighted by Crippen LogP contribution is 2.50. The van der Waals surface area contributed by atoms with Gasteiger partial charge in [0, 0.05) is 0 Å². The minimum absolute atomic E-state index is 0.184. The van der Waals surface area contributed by atoms with Crippen LogP contribution in [0.15, 0.2) is 30.3 Å². The maximum Gasteiger partial charge on any atom is 0.343 e. The molecule has 1 aromatic carbocycles. The molecule has 0 bridgehead atoms. The van der Waals surface area contributed by atoms with Gasteiger partial charge in [-0.2, -0.15) is 0 Å². The van der Waals surface area contributed by atoms with Crippen LogP contribution < -0.4 is 4.18 Å². The summed E-state index contributed by atoms with van der Waals surface area (Å²) in [6.07, 6.45) is 0. The molecule has 1 rings (SSSR count). The molecule has 0 spiro atoms. The number of rotatable bonds is 8. The monoisotopic (exact) mass is 276 g/mol. The first-order valence-electron chi connectivity index (χ1n) is 5.43. The highest BCUT2D eigenvalue weighted by molar-refractivity contribution is 8.00. The summed E-state index contributed by atoms with van der Waals surface area (Å²) in [5.74, 6) is 0.719. The Morgan fingerprint density at radius 3 is 2.24 bits per heavy atom. The van der Waals surface area contributed by atoms with E-state index in [0.29, 0.717) is 13.2 Å². The molecule has 0 heterocycles. The van der Waals surface area contributed by atoms with Gasteiger partial charge in [0.1, 0.15) is 11.2 Å². The van der Waals surface area contributed by atoms with Crippen molar-refractivity contribution in [2.75, 3.05) is 18.7 Å². The minimum atomic E-state index is -3.02. The highest BCUT2D eigenvalue weighted by atomic mass is 32.2. The van der Waals surface area contributed by atoms with Gasteiger partial charge in [0.25, 0.3) is 0 Å². The van der Waals surface area contributed by atoms with Gasteiger partial charge in [-0.05, 0) is 26.0 Å². The van der Waals surface area contributed by atoms with Crippen LogP contribution in [0.5, 0.6) is 5.75 Å². The molecule has 0 fully saturated rings. The van der Waals surface area contributed by atoms with Crippen LogP contribution in [0.3, 0.4) is 0 Å². The molecule has 17 heavy (non-hydrogen) atoms. The zero-order valence-corrected chi connectivity index (χ0v) is 11.7. The predicted molar refractivity (Wildman–Crippen MR) is 70.4 cm³/mol. The van der Waals surface area contributed by atoms with Gasteiger partial charge < -0.3 is 13.2 Å². The zero-order chi connectivity index (χ0) is 12.6. The van der Waals surface area contributed by atoms with Crippen molar-refractivity contribution in [3.63, 3.8) is 0 Å². The molecule has 0 saturated carbocycles. The fourth-order valence-electron chi connectivity index (χ4n) is 1.14.